The number of aromatic nitrogens is 1. The summed E-state index contributed by atoms with van der Waals surface area (Å²) in [5.74, 6) is 0.573. The summed E-state index contributed by atoms with van der Waals surface area (Å²) in [5.41, 5.74) is 2.17. The monoisotopic (exact) mass is 432 g/mol. The highest BCUT2D eigenvalue weighted by Crippen LogP contribution is 2.34. The van der Waals surface area contributed by atoms with Crippen molar-refractivity contribution in [2.24, 2.45) is 5.92 Å². The maximum Gasteiger partial charge on any atom is 0.240 e. The largest absolute Gasteiger partial charge is 0.301 e. The normalized spacial score (nSPS) is 13.1. The van der Waals surface area contributed by atoms with Crippen LogP contribution in [0.1, 0.15) is 39.2 Å². The Morgan fingerprint density at radius 1 is 1.29 bits per heavy atom. The van der Waals surface area contributed by atoms with E-state index in [-0.39, 0.29) is 16.7 Å². The number of rotatable bonds is 4. The first-order valence-electron chi connectivity index (χ1n) is 6.84. The molecule has 2 rings (SSSR count). The number of hydrogen-bond donors (Lipinski definition) is 1. The first-order chi connectivity index (χ1) is 9.79. The van der Waals surface area contributed by atoms with Crippen molar-refractivity contribution in [1.29, 1.82) is 0 Å². The summed E-state index contributed by atoms with van der Waals surface area (Å²) < 4.78 is 2.12. The summed E-state index contributed by atoms with van der Waals surface area (Å²) >= 11 is 8.46. The quantitative estimate of drug-likeness (QED) is 0.643. The first kappa shape index (κ1) is 16.9. The number of hydrogen-bond acceptors (Lipinski definition) is 3. The number of alkyl halides is 1. The predicted octanol–water partition coefficient (Wildman–Crippen LogP) is 5.54. The topological polar surface area (TPSA) is 42.0 Å². The summed E-state index contributed by atoms with van der Waals surface area (Å²) in [6.45, 7) is 8.30. The lowest BCUT2D eigenvalue weighted by Gasteiger charge is -2.11. The van der Waals surface area contributed by atoms with E-state index in [1.54, 1.807) is 0 Å². The van der Waals surface area contributed by atoms with Crippen molar-refractivity contribution in [1.82, 2.24) is 4.98 Å². The Kier molecular flexibility index (Phi) is 5.43. The Labute approximate surface area is 145 Å². The molecule has 0 bridgehead atoms. The van der Waals surface area contributed by atoms with E-state index in [1.165, 1.54) is 16.9 Å². The average Bonchev–Trinajstić information content (AvgIpc) is 2.78. The molecular formula is C15H18Br2N2OS. The van der Waals surface area contributed by atoms with Crippen molar-refractivity contribution in [2.45, 2.75) is 38.4 Å². The molecule has 0 aliphatic rings. The standard InChI is InChI=1S/C15H18Br2N2OS/c1-7(2)10-5-9(16)6-11-13(10)18-15(21-11)19-14(20)12(17)8(3)4/h5-8,12H,1-4H3,(H,18,19,20)/t12-/m1/s1. The first-order valence-corrected chi connectivity index (χ1v) is 9.37. The van der Waals surface area contributed by atoms with Crippen molar-refractivity contribution in [2.75, 3.05) is 5.32 Å². The van der Waals surface area contributed by atoms with E-state index in [0.29, 0.717) is 11.0 Å². The molecule has 1 heterocycles. The maximum atomic E-state index is 12.1. The third-order valence-electron chi connectivity index (χ3n) is 3.18. The number of thiazole rings is 1. The number of amides is 1. The molecule has 21 heavy (non-hydrogen) atoms. The lowest BCUT2D eigenvalue weighted by Crippen LogP contribution is -2.26. The van der Waals surface area contributed by atoms with E-state index in [9.17, 15) is 4.79 Å². The minimum atomic E-state index is -0.208. The fraction of sp³-hybridized carbons (Fsp3) is 0.467. The molecule has 2 aromatic rings. The van der Waals surface area contributed by atoms with Crippen LogP contribution in [0.2, 0.25) is 0 Å². The van der Waals surface area contributed by atoms with Crippen LogP contribution in [0.3, 0.4) is 0 Å². The zero-order valence-electron chi connectivity index (χ0n) is 12.4. The summed E-state index contributed by atoms with van der Waals surface area (Å²) in [6.07, 6.45) is 0. The van der Waals surface area contributed by atoms with E-state index in [2.05, 4.69) is 62.1 Å². The summed E-state index contributed by atoms with van der Waals surface area (Å²) in [5, 5.41) is 3.56. The van der Waals surface area contributed by atoms with E-state index in [4.69, 9.17) is 0 Å². The number of carbonyl (C=O) groups excluding carboxylic acids is 1. The lowest BCUT2D eigenvalue weighted by atomic mass is 10.0. The summed E-state index contributed by atoms with van der Waals surface area (Å²) in [6, 6.07) is 4.14. The Morgan fingerprint density at radius 2 is 1.95 bits per heavy atom. The minimum absolute atomic E-state index is 0.0470. The molecule has 0 saturated carbocycles. The molecule has 0 unspecified atom stereocenters. The van der Waals surface area contributed by atoms with Crippen LogP contribution < -0.4 is 5.32 Å². The van der Waals surface area contributed by atoms with Crippen LogP contribution in [0.4, 0.5) is 5.13 Å². The Hall–Kier alpha value is -0.460. The molecule has 0 spiro atoms. The summed E-state index contributed by atoms with van der Waals surface area (Å²) in [4.78, 5) is 16.5. The van der Waals surface area contributed by atoms with Crippen LogP contribution in [0.25, 0.3) is 10.2 Å². The number of nitrogens with zero attached hydrogens (tertiary/aromatic N) is 1. The molecule has 3 nitrogen and oxygen atoms in total. The number of nitrogens with one attached hydrogen (secondary N) is 1. The molecule has 0 saturated heterocycles. The minimum Gasteiger partial charge on any atom is -0.301 e. The maximum absolute atomic E-state index is 12.1. The molecule has 1 aromatic heterocycles. The Balaban J connectivity index is 2.35. The molecule has 1 atom stereocenters. The number of fused-ring (bicyclic) bond motifs is 1. The smallest absolute Gasteiger partial charge is 0.240 e. The lowest BCUT2D eigenvalue weighted by molar-refractivity contribution is -0.116. The molecule has 1 amide bonds. The molecule has 0 aliphatic carbocycles. The molecule has 114 valence electrons. The van der Waals surface area contributed by atoms with Crippen molar-refractivity contribution < 1.29 is 4.79 Å². The van der Waals surface area contributed by atoms with E-state index in [1.807, 2.05) is 19.9 Å². The van der Waals surface area contributed by atoms with Gasteiger partial charge in [0.15, 0.2) is 5.13 Å². The van der Waals surface area contributed by atoms with Crippen LogP contribution in [0, 0.1) is 5.92 Å². The molecule has 0 aliphatic heterocycles. The number of anilines is 1. The van der Waals surface area contributed by atoms with E-state index < -0.39 is 0 Å². The van der Waals surface area contributed by atoms with Gasteiger partial charge in [0, 0.05) is 4.47 Å². The zero-order valence-corrected chi connectivity index (χ0v) is 16.4. The second-order valence-electron chi connectivity index (χ2n) is 5.65. The van der Waals surface area contributed by atoms with Crippen LogP contribution in [-0.4, -0.2) is 15.7 Å². The molecule has 0 fully saturated rings. The highest BCUT2D eigenvalue weighted by atomic mass is 79.9. The van der Waals surface area contributed by atoms with Crippen LogP contribution in [0.5, 0.6) is 0 Å². The van der Waals surface area contributed by atoms with Crippen LogP contribution in [-0.2, 0) is 4.79 Å². The third-order valence-corrected chi connectivity index (χ3v) is 6.03. The van der Waals surface area contributed by atoms with Crippen molar-refractivity contribution >= 4 is 64.5 Å². The van der Waals surface area contributed by atoms with Gasteiger partial charge in [0.25, 0.3) is 0 Å². The van der Waals surface area contributed by atoms with Gasteiger partial charge in [-0.25, -0.2) is 4.98 Å². The number of halogens is 2. The SMILES string of the molecule is CC(C)c1cc(Br)cc2sc(NC(=O)[C@H](Br)C(C)C)nc12. The van der Waals surface area contributed by atoms with Gasteiger partial charge in [0.2, 0.25) is 5.91 Å². The third kappa shape index (κ3) is 3.85. The highest BCUT2D eigenvalue weighted by molar-refractivity contribution is 9.10. The van der Waals surface area contributed by atoms with Gasteiger partial charge >= 0.3 is 0 Å². The van der Waals surface area contributed by atoms with Crippen LogP contribution in [0.15, 0.2) is 16.6 Å². The van der Waals surface area contributed by atoms with Gasteiger partial charge in [-0.2, -0.15) is 0 Å². The van der Waals surface area contributed by atoms with Gasteiger partial charge in [-0.3, -0.25) is 4.79 Å². The van der Waals surface area contributed by atoms with Crippen molar-refractivity contribution in [3.8, 4) is 0 Å². The second kappa shape index (κ2) is 6.75. The molecule has 1 aromatic carbocycles. The van der Waals surface area contributed by atoms with Gasteiger partial charge in [-0.15, -0.1) is 0 Å². The number of carbonyl (C=O) groups is 1. The van der Waals surface area contributed by atoms with Gasteiger partial charge in [0.1, 0.15) is 0 Å². The molecule has 0 radical (unpaired) electrons. The zero-order chi connectivity index (χ0) is 15.7. The fourth-order valence-electron chi connectivity index (χ4n) is 1.99. The van der Waals surface area contributed by atoms with E-state index in [0.717, 1.165) is 14.7 Å². The van der Waals surface area contributed by atoms with Gasteiger partial charge < -0.3 is 5.32 Å². The van der Waals surface area contributed by atoms with Crippen molar-refractivity contribution in [3.63, 3.8) is 0 Å². The number of benzene rings is 1. The molecule has 6 heteroatoms. The Morgan fingerprint density at radius 3 is 2.52 bits per heavy atom. The summed E-state index contributed by atoms with van der Waals surface area (Å²) in [7, 11) is 0. The van der Waals surface area contributed by atoms with Crippen molar-refractivity contribution in [3.05, 3.63) is 22.2 Å². The highest BCUT2D eigenvalue weighted by Gasteiger charge is 2.20. The second-order valence-corrected chi connectivity index (χ2v) is 8.58. The Bertz CT molecular complexity index is 667. The molecule has 1 N–H and O–H groups in total. The average molecular weight is 434 g/mol. The van der Waals surface area contributed by atoms with Gasteiger partial charge in [-0.1, -0.05) is 70.9 Å². The predicted molar refractivity (Wildman–Crippen MR) is 97.6 cm³/mol. The van der Waals surface area contributed by atoms with Gasteiger partial charge in [0.05, 0.1) is 15.0 Å². The van der Waals surface area contributed by atoms with Crippen LogP contribution >= 0.6 is 43.2 Å². The van der Waals surface area contributed by atoms with E-state index >= 15 is 0 Å². The fourth-order valence-corrected chi connectivity index (χ4v) is 3.68. The van der Waals surface area contributed by atoms with Gasteiger partial charge in [-0.05, 0) is 29.5 Å². The molecular weight excluding hydrogens is 416 g/mol.